The van der Waals surface area contributed by atoms with Crippen molar-refractivity contribution in [3.05, 3.63) is 60.0 Å². The highest BCUT2D eigenvalue weighted by Crippen LogP contribution is 2.25. The molecule has 3 aromatic heterocycles. The highest BCUT2D eigenvalue weighted by molar-refractivity contribution is 5.79. The number of para-hydroxylation sites is 1. The summed E-state index contributed by atoms with van der Waals surface area (Å²) in [6.45, 7) is 5.68. The quantitative estimate of drug-likeness (QED) is 0.533. The number of aryl methyl sites for hydroxylation is 1. The lowest BCUT2D eigenvalue weighted by Crippen LogP contribution is -2.44. The molecule has 0 unspecified atom stereocenters. The fourth-order valence-corrected chi connectivity index (χ4v) is 3.83. The number of hydrogen-bond acceptors (Lipinski definition) is 8. The van der Waals surface area contributed by atoms with Crippen LogP contribution >= 0.6 is 0 Å². The van der Waals surface area contributed by atoms with E-state index in [1.165, 1.54) is 6.20 Å². The molecular weight excluding hydrogens is 402 g/mol. The number of hydrogen-bond donors (Lipinski definition) is 1. The van der Waals surface area contributed by atoms with E-state index in [0.29, 0.717) is 28.8 Å². The first-order valence-corrected chi connectivity index (χ1v) is 10.5. The third-order valence-corrected chi connectivity index (χ3v) is 5.59. The first-order chi connectivity index (χ1) is 15.6. The second-order valence-electron chi connectivity index (χ2n) is 7.87. The molecule has 0 bridgehead atoms. The summed E-state index contributed by atoms with van der Waals surface area (Å²) in [5, 5.41) is 18.4. The fraction of sp³-hybridized carbons (Fsp3) is 0.261. The maximum atomic E-state index is 9.66. The Kier molecular flexibility index (Phi) is 5.13. The summed E-state index contributed by atoms with van der Waals surface area (Å²) in [7, 11) is 2.13. The predicted octanol–water partition coefficient (Wildman–Crippen LogP) is 2.89. The molecule has 4 aromatic rings. The number of piperazine rings is 1. The standard InChI is InChI=1S/C23H23N9/c1-16-26-20(13-22(27-16)31-11-9-30(2)10-12-31)29-23-18(14-24)15-25-32(23)21-8-7-17-5-3-4-6-19(17)28-21/h3-8,13,15H,9-12H2,1-2H3,(H,26,27,29). The van der Waals surface area contributed by atoms with Crippen molar-refractivity contribution in [2.45, 2.75) is 6.92 Å². The van der Waals surface area contributed by atoms with Gasteiger partial charge in [0.05, 0.1) is 11.7 Å². The highest BCUT2D eigenvalue weighted by atomic mass is 15.4. The van der Waals surface area contributed by atoms with Crippen LogP contribution in [-0.2, 0) is 0 Å². The van der Waals surface area contributed by atoms with Gasteiger partial charge in [0.25, 0.3) is 0 Å². The van der Waals surface area contributed by atoms with Gasteiger partial charge in [-0.15, -0.1) is 0 Å². The number of nitriles is 1. The fourth-order valence-electron chi connectivity index (χ4n) is 3.83. The third-order valence-electron chi connectivity index (χ3n) is 5.59. The molecule has 1 aliphatic heterocycles. The lowest BCUT2D eigenvalue weighted by atomic mass is 10.2. The van der Waals surface area contributed by atoms with Crippen LogP contribution < -0.4 is 10.2 Å². The monoisotopic (exact) mass is 425 g/mol. The molecule has 0 radical (unpaired) electrons. The number of fused-ring (bicyclic) bond motifs is 1. The van der Waals surface area contributed by atoms with E-state index >= 15 is 0 Å². The maximum absolute atomic E-state index is 9.66. The first kappa shape index (κ1) is 19.9. The third kappa shape index (κ3) is 3.84. The summed E-state index contributed by atoms with van der Waals surface area (Å²) >= 11 is 0. The number of rotatable bonds is 4. The van der Waals surface area contributed by atoms with Crippen LogP contribution in [0.1, 0.15) is 11.4 Å². The van der Waals surface area contributed by atoms with Gasteiger partial charge in [0.15, 0.2) is 11.6 Å². The number of nitrogens with zero attached hydrogens (tertiary/aromatic N) is 8. The van der Waals surface area contributed by atoms with E-state index in [2.05, 4.69) is 43.3 Å². The lowest BCUT2D eigenvalue weighted by Gasteiger charge is -2.33. The van der Waals surface area contributed by atoms with Crippen LogP contribution in [0.4, 0.5) is 17.5 Å². The van der Waals surface area contributed by atoms with Gasteiger partial charge in [-0.1, -0.05) is 18.2 Å². The van der Waals surface area contributed by atoms with Crippen molar-refractivity contribution >= 4 is 28.4 Å². The topological polar surface area (TPSA) is 98.8 Å². The van der Waals surface area contributed by atoms with Crippen molar-refractivity contribution in [2.24, 2.45) is 0 Å². The van der Waals surface area contributed by atoms with Crippen LogP contribution in [0.2, 0.25) is 0 Å². The number of anilines is 3. The minimum absolute atomic E-state index is 0.414. The molecule has 1 aromatic carbocycles. The Labute approximate surface area is 186 Å². The van der Waals surface area contributed by atoms with Gasteiger partial charge < -0.3 is 15.1 Å². The van der Waals surface area contributed by atoms with Gasteiger partial charge in [-0.3, -0.25) is 0 Å². The summed E-state index contributed by atoms with van der Waals surface area (Å²) in [4.78, 5) is 18.5. The van der Waals surface area contributed by atoms with Crippen molar-refractivity contribution in [1.82, 2.24) is 29.6 Å². The highest BCUT2D eigenvalue weighted by Gasteiger charge is 2.19. The van der Waals surface area contributed by atoms with E-state index in [9.17, 15) is 5.26 Å². The molecule has 160 valence electrons. The Morgan fingerprint density at radius 2 is 1.78 bits per heavy atom. The van der Waals surface area contributed by atoms with E-state index < -0.39 is 0 Å². The van der Waals surface area contributed by atoms with Crippen LogP contribution in [0, 0.1) is 18.3 Å². The van der Waals surface area contributed by atoms with E-state index in [1.54, 1.807) is 4.68 Å². The minimum atomic E-state index is 0.414. The molecule has 0 saturated carbocycles. The molecule has 0 amide bonds. The summed E-state index contributed by atoms with van der Waals surface area (Å²) in [6.07, 6.45) is 1.54. The molecule has 1 aliphatic rings. The molecule has 0 aliphatic carbocycles. The van der Waals surface area contributed by atoms with Crippen molar-refractivity contribution in [2.75, 3.05) is 43.4 Å². The summed E-state index contributed by atoms with van der Waals surface area (Å²) in [5.74, 6) is 3.31. The number of pyridine rings is 1. The smallest absolute Gasteiger partial charge is 0.156 e. The van der Waals surface area contributed by atoms with Crippen LogP contribution in [0.5, 0.6) is 0 Å². The van der Waals surface area contributed by atoms with Gasteiger partial charge in [0, 0.05) is 37.6 Å². The Hall–Kier alpha value is -4.03. The molecular formula is C23H23N9. The normalized spacial score (nSPS) is 14.5. The summed E-state index contributed by atoms with van der Waals surface area (Å²) < 4.78 is 1.64. The SMILES string of the molecule is Cc1nc(Nc2c(C#N)cnn2-c2ccc3ccccc3n2)cc(N2CCN(C)CC2)n1. The zero-order valence-corrected chi connectivity index (χ0v) is 18.0. The maximum Gasteiger partial charge on any atom is 0.156 e. The van der Waals surface area contributed by atoms with E-state index in [1.807, 2.05) is 49.4 Å². The molecule has 0 atom stereocenters. The van der Waals surface area contributed by atoms with Crippen molar-refractivity contribution in [3.63, 3.8) is 0 Å². The number of benzene rings is 1. The molecule has 9 nitrogen and oxygen atoms in total. The average Bonchev–Trinajstić information content (AvgIpc) is 3.21. The van der Waals surface area contributed by atoms with Gasteiger partial charge >= 0.3 is 0 Å². The molecule has 0 spiro atoms. The number of aromatic nitrogens is 5. The predicted molar refractivity (Wildman–Crippen MR) is 123 cm³/mol. The van der Waals surface area contributed by atoms with Crippen molar-refractivity contribution in [1.29, 1.82) is 5.26 Å². The lowest BCUT2D eigenvalue weighted by molar-refractivity contribution is 0.312. The van der Waals surface area contributed by atoms with Crippen molar-refractivity contribution < 1.29 is 0 Å². The van der Waals surface area contributed by atoms with Gasteiger partial charge in [-0.25, -0.2) is 15.0 Å². The second-order valence-corrected chi connectivity index (χ2v) is 7.87. The van der Waals surface area contributed by atoms with Crippen molar-refractivity contribution in [3.8, 4) is 11.9 Å². The number of nitrogens with one attached hydrogen (secondary N) is 1. The molecule has 5 rings (SSSR count). The summed E-state index contributed by atoms with van der Waals surface area (Å²) in [5.41, 5.74) is 1.28. The largest absolute Gasteiger partial charge is 0.354 e. The van der Waals surface area contributed by atoms with E-state index in [4.69, 9.17) is 4.98 Å². The Bertz CT molecular complexity index is 1310. The van der Waals surface area contributed by atoms with Crippen LogP contribution in [-0.4, -0.2) is 62.9 Å². The minimum Gasteiger partial charge on any atom is -0.354 e. The molecule has 1 fully saturated rings. The average molecular weight is 426 g/mol. The molecule has 1 saturated heterocycles. The number of likely N-dealkylation sites (N-methyl/N-ethyl adjacent to an activating group) is 1. The molecule has 4 heterocycles. The molecule has 32 heavy (non-hydrogen) atoms. The Balaban J connectivity index is 1.50. The zero-order valence-electron chi connectivity index (χ0n) is 18.0. The zero-order chi connectivity index (χ0) is 22.1. The van der Waals surface area contributed by atoms with Crippen LogP contribution in [0.3, 0.4) is 0 Å². The van der Waals surface area contributed by atoms with Gasteiger partial charge in [-0.05, 0) is 32.2 Å². The molecule has 1 N–H and O–H groups in total. The summed E-state index contributed by atoms with van der Waals surface area (Å²) in [6, 6.07) is 15.9. The van der Waals surface area contributed by atoms with Gasteiger partial charge in [0.1, 0.15) is 29.1 Å². The Morgan fingerprint density at radius 1 is 0.969 bits per heavy atom. The van der Waals surface area contributed by atoms with E-state index in [-0.39, 0.29) is 0 Å². The van der Waals surface area contributed by atoms with Crippen LogP contribution in [0.25, 0.3) is 16.7 Å². The first-order valence-electron chi connectivity index (χ1n) is 10.5. The van der Waals surface area contributed by atoms with E-state index in [0.717, 1.165) is 42.9 Å². The molecule has 9 heteroatoms. The second kappa shape index (κ2) is 8.24. The van der Waals surface area contributed by atoms with Gasteiger partial charge in [0.2, 0.25) is 0 Å². The van der Waals surface area contributed by atoms with Gasteiger partial charge in [-0.2, -0.15) is 15.0 Å². The van der Waals surface area contributed by atoms with Crippen LogP contribution in [0.15, 0.2) is 48.7 Å². The Morgan fingerprint density at radius 3 is 2.59 bits per heavy atom.